The second-order valence-corrected chi connectivity index (χ2v) is 3.90. The van der Waals surface area contributed by atoms with E-state index in [0.29, 0.717) is 12.1 Å². The van der Waals surface area contributed by atoms with Crippen molar-refractivity contribution in [3.8, 4) is 0 Å². The van der Waals surface area contributed by atoms with Crippen LogP contribution in [0, 0.1) is 0 Å². The van der Waals surface area contributed by atoms with Gasteiger partial charge in [0.05, 0.1) is 6.04 Å². The molecule has 3 atom stereocenters. The molecule has 2 saturated heterocycles. The summed E-state index contributed by atoms with van der Waals surface area (Å²) in [5.41, 5.74) is 0. The summed E-state index contributed by atoms with van der Waals surface area (Å²) in [6.45, 7) is 0. The Balaban J connectivity index is 2.07. The van der Waals surface area contributed by atoms with Gasteiger partial charge in [-0.2, -0.15) is 0 Å². The summed E-state index contributed by atoms with van der Waals surface area (Å²) in [7, 11) is 2.18. The van der Waals surface area contributed by atoms with Gasteiger partial charge in [0.1, 0.15) is 0 Å². The molecule has 0 radical (unpaired) electrons. The minimum absolute atomic E-state index is 0.260. The van der Waals surface area contributed by atoms with Crippen LogP contribution in [0.15, 0.2) is 4.99 Å². The number of fused-ring (bicyclic) bond motifs is 2. The molecule has 0 aromatic rings. The van der Waals surface area contributed by atoms with Crippen molar-refractivity contribution in [2.24, 2.45) is 4.99 Å². The number of piperidine rings is 1. The van der Waals surface area contributed by atoms with E-state index in [0.717, 1.165) is 12.8 Å². The number of isocyanates is 1. The summed E-state index contributed by atoms with van der Waals surface area (Å²) in [5.74, 6) is 0. The quantitative estimate of drug-likeness (QED) is 0.429. The molecule has 2 rings (SSSR count). The van der Waals surface area contributed by atoms with Crippen LogP contribution in [0.4, 0.5) is 0 Å². The molecular formula is C9H14N2O. The maximum absolute atomic E-state index is 10.1. The fourth-order valence-electron chi connectivity index (χ4n) is 2.56. The molecule has 12 heavy (non-hydrogen) atoms. The van der Waals surface area contributed by atoms with Crippen LogP contribution in [0.2, 0.25) is 0 Å². The van der Waals surface area contributed by atoms with Crippen molar-refractivity contribution in [3.63, 3.8) is 0 Å². The monoisotopic (exact) mass is 166 g/mol. The third kappa shape index (κ3) is 1.19. The molecule has 0 amide bonds. The maximum atomic E-state index is 10.1. The molecule has 66 valence electrons. The number of hydrogen-bond acceptors (Lipinski definition) is 3. The van der Waals surface area contributed by atoms with Gasteiger partial charge in [0.15, 0.2) is 0 Å². The fraction of sp³-hybridized carbons (Fsp3) is 0.889. The van der Waals surface area contributed by atoms with E-state index < -0.39 is 0 Å². The lowest BCUT2D eigenvalue weighted by molar-refractivity contribution is 0.163. The Labute approximate surface area is 72.5 Å². The Hall–Kier alpha value is -0.660. The maximum Gasteiger partial charge on any atom is 0.235 e. The van der Waals surface area contributed by atoms with Crippen molar-refractivity contribution in [3.05, 3.63) is 0 Å². The van der Waals surface area contributed by atoms with Gasteiger partial charge in [-0.3, -0.25) is 0 Å². The molecule has 0 saturated carbocycles. The minimum atomic E-state index is 0.260. The first-order chi connectivity index (χ1) is 5.81. The van der Waals surface area contributed by atoms with Crippen molar-refractivity contribution >= 4 is 6.08 Å². The molecule has 0 aromatic carbocycles. The molecule has 2 bridgehead atoms. The highest BCUT2D eigenvalue weighted by atomic mass is 16.1. The zero-order valence-electron chi connectivity index (χ0n) is 7.36. The highest BCUT2D eigenvalue weighted by molar-refractivity contribution is 5.33. The number of nitrogens with zero attached hydrogens (tertiary/aromatic N) is 2. The number of hydrogen-bond donors (Lipinski definition) is 0. The number of aliphatic imine (C=N–C) groups is 1. The van der Waals surface area contributed by atoms with Crippen molar-refractivity contribution in [2.75, 3.05) is 7.05 Å². The van der Waals surface area contributed by atoms with E-state index in [9.17, 15) is 4.79 Å². The van der Waals surface area contributed by atoms with Gasteiger partial charge in [-0.1, -0.05) is 0 Å². The molecule has 2 heterocycles. The summed E-state index contributed by atoms with van der Waals surface area (Å²) in [5, 5.41) is 0. The van der Waals surface area contributed by atoms with Crippen molar-refractivity contribution in [1.29, 1.82) is 0 Å². The average molecular weight is 166 g/mol. The van der Waals surface area contributed by atoms with E-state index in [1.807, 2.05) is 0 Å². The molecular weight excluding hydrogens is 152 g/mol. The summed E-state index contributed by atoms with van der Waals surface area (Å²) >= 11 is 0. The predicted octanol–water partition coefficient (Wildman–Crippen LogP) is 0.947. The van der Waals surface area contributed by atoms with Gasteiger partial charge in [0, 0.05) is 12.1 Å². The first-order valence-corrected chi connectivity index (χ1v) is 4.60. The molecule has 3 nitrogen and oxygen atoms in total. The van der Waals surface area contributed by atoms with Crippen LogP contribution in [0.3, 0.4) is 0 Å². The van der Waals surface area contributed by atoms with Gasteiger partial charge in [-0.05, 0) is 32.7 Å². The summed E-state index contributed by atoms with van der Waals surface area (Å²) in [6.07, 6.45) is 6.36. The Morgan fingerprint density at radius 3 is 2.42 bits per heavy atom. The Kier molecular flexibility index (Phi) is 1.99. The van der Waals surface area contributed by atoms with E-state index in [1.54, 1.807) is 6.08 Å². The standard InChI is InChI=1S/C9H14N2O/c1-11-8-2-3-9(11)5-7(4-8)10-6-12/h7-9H,2-5H2,1H3/t7?,8-,9+. The van der Waals surface area contributed by atoms with Crippen LogP contribution in [-0.2, 0) is 4.79 Å². The zero-order valence-corrected chi connectivity index (χ0v) is 7.36. The third-order valence-electron chi connectivity index (χ3n) is 3.31. The smallest absolute Gasteiger partial charge is 0.235 e. The summed E-state index contributed by atoms with van der Waals surface area (Å²) < 4.78 is 0. The van der Waals surface area contributed by atoms with Crippen LogP contribution >= 0.6 is 0 Å². The normalized spacial score (nSPS) is 40.9. The van der Waals surface area contributed by atoms with E-state index >= 15 is 0 Å². The van der Waals surface area contributed by atoms with Crippen LogP contribution in [0.1, 0.15) is 25.7 Å². The van der Waals surface area contributed by atoms with Crippen LogP contribution in [0.5, 0.6) is 0 Å². The van der Waals surface area contributed by atoms with E-state index in [4.69, 9.17) is 0 Å². The van der Waals surface area contributed by atoms with Gasteiger partial charge in [0.2, 0.25) is 6.08 Å². The Morgan fingerprint density at radius 2 is 1.92 bits per heavy atom. The molecule has 0 aliphatic carbocycles. The fourth-order valence-corrected chi connectivity index (χ4v) is 2.56. The number of carbonyl (C=O) groups excluding carboxylic acids is 1. The molecule has 2 aliphatic heterocycles. The SMILES string of the molecule is CN1[C@@H]2CC[C@H]1CC(N=C=O)C2. The average Bonchev–Trinajstić information content (AvgIpc) is 2.33. The Bertz CT molecular complexity index is 209. The summed E-state index contributed by atoms with van der Waals surface area (Å²) in [6, 6.07) is 1.60. The second kappa shape index (κ2) is 3.00. The van der Waals surface area contributed by atoms with Gasteiger partial charge >= 0.3 is 0 Å². The van der Waals surface area contributed by atoms with Gasteiger partial charge in [-0.25, -0.2) is 9.79 Å². The Morgan fingerprint density at radius 1 is 1.33 bits per heavy atom. The van der Waals surface area contributed by atoms with Gasteiger partial charge in [-0.15, -0.1) is 0 Å². The van der Waals surface area contributed by atoms with Crippen LogP contribution < -0.4 is 0 Å². The number of rotatable bonds is 1. The van der Waals surface area contributed by atoms with Crippen molar-refractivity contribution in [2.45, 2.75) is 43.8 Å². The molecule has 2 aliphatic rings. The topological polar surface area (TPSA) is 32.7 Å². The van der Waals surface area contributed by atoms with Gasteiger partial charge in [0.25, 0.3) is 0 Å². The lowest BCUT2D eigenvalue weighted by atomic mass is 9.99. The third-order valence-corrected chi connectivity index (χ3v) is 3.31. The summed E-state index contributed by atoms with van der Waals surface area (Å²) in [4.78, 5) is 16.4. The highest BCUT2D eigenvalue weighted by Crippen LogP contribution is 2.35. The highest BCUT2D eigenvalue weighted by Gasteiger charge is 2.38. The van der Waals surface area contributed by atoms with Gasteiger partial charge < -0.3 is 4.90 Å². The molecule has 0 aromatic heterocycles. The first kappa shape index (κ1) is 7.96. The van der Waals surface area contributed by atoms with Crippen molar-refractivity contribution in [1.82, 2.24) is 4.90 Å². The predicted molar refractivity (Wildman–Crippen MR) is 45.7 cm³/mol. The van der Waals surface area contributed by atoms with Crippen LogP contribution in [-0.4, -0.2) is 36.2 Å². The van der Waals surface area contributed by atoms with E-state index in [1.165, 1.54) is 12.8 Å². The molecule has 2 fully saturated rings. The second-order valence-electron chi connectivity index (χ2n) is 3.90. The van der Waals surface area contributed by atoms with Crippen LogP contribution in [0.25, 0.3) is 0 Å². The molecule has 0 N–H and O–H groups in total. The minimum Gasteiger partial charge on any atom is -0.300 e. The molecule has 0 spiro atoms. The van der Waals surface area contributed by atoms with E-state index in [-0.39, 0.29) is 6.04 Å². The lowest BCUT2D eigenvalue weighted by Gasteiger charge is -2.33. The van der Waals surface area contributed by atoms with E-state index in [2.05, 4.69) is 16.9 Å². The zero-order chi connectivity index (χ0) is 8.55. The first-order valence-electron chi connectivity index (χ1n) is 4.60. The molecule has 1 unspecified atom stereocenters. The largest absolute Gasteiger partial charge is 0.300 e. The molecule has 3 heteroatoms. The lowest BCUT2D eigenvalue weighted by Crippen LogP contribution is -2.41. The van der Waals surface area contributed by atoms with Crippen molar-refractivity contribution < 1.29 is 4.79 Å².